The number of nitrogens with zero attached hydrogens (tertiary/aromatic N) is 1. The first kappa shape index (κ1) is 19.8. The van der Waals surface area contributed by atoms with Gasteiger partial charge in [-0.3, -0.25) is 4.79 Å². The number of hydrogen-bond donors (Lipinski definition) is 2. The van der Waals surface area contributed by atoms with Crippen molar-refractivity contribution < 1.29 is 19.4 Å². The molecule has 0 spiro atoms. The van der Waals surface area contributed by atoms with E-state index < -0.39 is 0 Å². The van der Waals surface area contributed by atoms with Crippen molar-refractivity contribution in [3.63, 3.8) is 0 Å². The molecule has 0 amide bonds. The summed E-state index contributed by atoms with van der Waals surface area (Å²) in [4.78, 5) is 15.0. The van der Waals surface area contributed by atoms with E-state index in [0.29, 0.717) is 27.7 Å². The number of hydrogen-bond acceptors (Lipinski definition) is 6. The fraction of sp³-hybridized carbons (Fsp3) is 0.318. The average molecular weight is 416 g/mol. The summed E-state index contributed by atoms with van der Waals surface area (Å²) >= 11 is 6.10. The zero-order valence-electron chi connectivity index (χ0n) is 16.2. The summed E-state index contributed by atoms with van der Waals surface area (Å²) in [6, 6.07) is 9.69. The summed E-state index contributed by atoms with van der Waals surface area (Å²) < 4.78 is 11.7. The third-order valence-corrected chi connectivity index (χ3v) is 5.93. The van der Waals surface area contributed by atoms with Gasteiger partial charge in [0.15, 0.2) is 5.43 Å². The molecular formula is C22H22ClNO5. The van der Waals surface area contributed by atoms with Crippen molar-refractivity contribution in [1.82, 2.24) is 4.90 Å². The minimum absolute atomic E-state index is 0.0368. The number of aromatic hydroxyl groups is 1. The van der Waals surface area contributed by atoms with Gasteiger partial charge in [-0.05, 0) is 32.1 Å². The molecule has 2 unspecified atom stereocenters. The van der Waals surface area contributed by atoms with E-state index in [9.17, 15) is 15.0 Å². The van der Waals surface area contributed by atoms with Gasteiger partial charge in [0.1, 0.15) is 28.2 Å². The first-order valence-electron chi connectivity index (χ1n) is 9.39. The van der Waals surface area contributed by atoms with Crippen LogP contribution in [0.15, 0.2) is 45.6 Å². The predicted octanol–water partition coefficient (Wildman–Crippen LogP) is 3.61. The molecule has 2 atom stereocenters. The van der Waals surface area contributed by atoms with Crippen LogP contribution in [0, 0.1) is 0 Å². The number of likely N-dealkylation sites (tertiary alicyclic amines) is 1. The number of halogens is 1. The number of methoxy groups -OCH3 is 1. The summed E-state index contributed by atoms with van der Waals surface area (Å²) in [5, 5.41) is 21.1. The summed E-state index contributed by atoms with van der Waals surface area (Å²) in [7, 11) is 3.46. The molecule has 2 aromatic carbocycles. The lowest BCUT2D eigenvalue weighted by molar-refractivity contribution is 0.171. The average Bonchev–Trinajstić information content (AvgIpc) is 3.07. The van der Waals surface area contributed by atoms with Crippen molar-refractivity contribution >= 4 is 22.6 Å². The van der Waals surface area contributed by atoms with E-state index in [1.807, 2.05) is 7.05 Å². The van der Waals surface area contributed by atoms with Crippen LogP contribution in [0.2, 0.25) is 5.02 Å². The Kier molecular flexibility index (Phi) is 5.25. The van der Waals surface area contributed by atoms with Crippen LogP contribution in [-0.2, 0) is 0 Å². The van der Waals surface area contributed by atoms with Crippen LogP contribution in [0.1, 0.15) is 17.9 Å². The van der Waals surface area contributed by atoms with Crippen molar-refractivity contribution in [3.8, 4) is 22.8 Å². The molecule has 29 heavy (non-hydrogen) atoms. The number of phenols is 1. The highest BCUT2D eigenvalue weighted by molar-refractivity contribution is 6.30. The molecule has 0 saturated carbocycles. The molecule has 0 radical (unpaired) electrons. The quantitative estimate of drug-likeness (QED) is 0.677. The first-order valence-corrected chi connectivity index (χ1v) is 9.77. The van der Waals surface area contributed by atoms with Gasteiger partial charge in [0.25, 0.3) is 0 Å². The second kappa shape index (κ2) is 7.71. The van der Waals surface area contributed by atoms with Crippen molar-refractivity contribution in [2.24, 2.45) is 0 Å². The number of rotatable bonds is 4. The standard InChI is InChI=1S/C22H22ClNO5/c1-24-7-6-14(15(24)11-25)20-19(28-2)10-17(27)21-16(26)9-18(29-22(20)21)12-4-3-5-13(23)8-12/h3-5,8-10,14-15,25,27H,6-7,11H2,1-2H3. The molecule has 1 fully saturated rings. The molecule has 1 aromatic heterocycles. The van der Waals surface area contributed by atoms with E-state index in [0.717, 1.165) is 13.0 Å². The molecule has 152 valence electrons. The minimum atomic E-state index is -0.352. The lowest BCUT2D eigenvalue weighted by atomic mass is 9.89. The van der Waals surface area contributed by atoms with Gasteiger partial charge in [0, 0.05) is 40.2 Å². The second-order valence-corrected chi connectivity index (χ2v) is 7.76. The summed E-state index contributed by atoms with van der Waals surface area (Å²) in [6.45, 7) is 0.755. The van der Waals surface area contributed by atoms with Crippen molar-refractivity contribution in [2.75, 3.05) is 27.3 Å². The number of aliphatic hydroxyl groups is 1. The number of benzene rings is 2. The van der Waals surface area contributed by atoms with Gasteiger partial charge >= 0.3 is 0 Å². The smallest absolute Gasteiger partial charge is 0.197 e. The fourth-order valence-corrected chi connectivity index (χ4v) is 4.42. The van der Waals surface area contributed by atoms with Crippen LogP contribution in [0.5, 0.6) is 11.5 Å². The monoisotopic (exact) mass is 415 g/mol. The number of likely N-dealkylation sites (N-methyl/N-ethyl adjacent to an activating group) is 1. The maximum Gasteiger partial charge on any atom is 0.197 e. The van der Waals surface area contributed by atoms with Gasteiger partial charge in [-0.2, -0.15) is 0 Å². The third-order valence-electron chi connectivity index (χ3n) is 5.69. The first-order chi connectivity index (χ1) is 13.9. The van der Waals surface area contributed by atoms with E-state index in [1.165, 1.54) is 19.2 Å². The molecule has 1 aliphatic rings. The molecule has 6 nitrogen and oxygen atoms in total. The van der Waals surface area contributed by atoms with Crippen LogP contribution in [-0.4, -0.2) is 48.5 Å². The minimum Gasteiger partial charge on any atom is -0.507 e. The van der Waals surface area contributed by atoms with E-state index >= 15 is 0 Å². The molecule has 1 aliphatic heterocycles. The maximum absolute atomic E-state index is 12.9. The van der Waals surface area contributed by atoms with Crippen molar-refractivity contribution in [1.29, 1.82) is 0 Å². The van der Waals surface area contributed by atoms with Gasteiger partial charge in [0.2, 0.25) is 0 Å². The predicted molar refractivity (Wildman–Crippen MR) is 112 cm³/mol. The van der Waals surface area contributed by atoms with Crippen LogP contribution in [0.25, 0.3) is 22.3 Å². The Morgan fingerprint density at radius 3 is 2.79 bits per heavy atom. The third kappa shape index (κ3) is 3.37. The second-order valence-electron chi connectivity index (χ2n) is 7.33. The summed E-state index contributed by atoms with van der Waals surface area (Å²) in [6.07, 6.45) is 0.767. The van der Waals surface area contributed by atoms with Gasteiger partial charge in [-0.25, -0.2) is 0 Å². The van der Waals surface area contributed by atoms with E-state index in [4.69, 9.17) is 20.8 Å². The van der Waals surface area contributed by atoms with Crippen LogP contribution < -0.4 is 10.2 Å². The van der Waals surface area contributed by atoms with Gasteiger partial charge in [-0.1, -0.05) is 23.7 Å². The molecule has 3 aromatic rings. The normalized spacial score (nSPS) is 19.7. The van der Waals surface area contributed by atoms with E-state index in [1.54, 1.807) is 24.3 Å². The molecular weight excluding hydrogens is 394 g/mol. The number of aliphatic hydroxyl groups excluding tert-OH is 1. The Bertz CT molecular complexity index is 1130. The van der Waals surface area contributed by atoms with Crippen LogP contribution in [0.4, 0.5) is 0 Å². The topological polar surface area (TPSA) is 83.1 Å². The van der Waals surface area contributed by atoms with Crippen molar-refractivity contribution in [3.05, 3.63) is 57.2 Å². The highest BCUT2D eigenvalue weighted by Gasteiger charge is 2.37. The lowest BCUT2D eigenvalue weighted by Gasteiger charge is -2.25. The fourth-order valence-electron chi connectivity index (χ4n) is 4.23. The van der Waals surface area contributed by atoms with E-state index in [2.05, 4.69) is 4.90 Å². The Morgan fingerprint density at radius 2 is 2.10 bits per heavy atom. The largest absolute Gasteiger partial charge is 0.507 e. The van der Waals surface area contributed by atoms with Crippen LogP contribution >= 0.6 is 11.6 Å². The number of fused-ring (bicyclic) bond motifs is 1. The number of phenolic OH excluding ortho intramolecular Hbond substituents is 1. The lowest BCUT2D eigenvalue weighted by Crippen LogP contribution is -2.32. The molecule has 4 rings (SSSR count). The van der Waals surface area contributed by atoms with Gasteiger partial charge < -0.3 is 24.3 Å². The van der Waals surface area contributed by atoms with Crippen molar-refractivity contribution in [2.45, 2.75) is 18.4 Å². The zero-order chi connectivity index (χ0) is 20.7. The zero-order valence-corrected chi connectivity index (χ0v) is 16.9. The van der Waals surface area contributed by atoms with E-state index in [-0.39, 0.29) is 40.7 Å². The Hall–Kier alpha value is -2.54. The molecule has 7 heteroatoms. The molecule has 0 aliphatic carbocycles. The Labute approximate surface area is 172 Å². The highest BCUT2D eigenvalue weighted by Crippen LogP contribution is 2.44. The SMILES string of the molecule is COc1cc(O)c2c(=O)cc(-c3cccc(Cl)c3)oc2c1C1CCN(C)C1CO. The van der Waals surface area contributed by atoms with Crippen LogP contribution in [0.3, 0.4) is 0 Å². The Balaban J connectivity index is 2.03. The maximum atomic E-state index is 12.9. The Morgan fingerprint density at radius 1 is 1.31 bits per heavy atom. The summed E-state index contributed by atoms with van der Waals surface area (Å²) in [5.41, 5.74) is 1.27. The molecule has 0 bridgehead atoms. The number of ether oxygens (including phenoxy) is 1. The van der Waals surface area contributed by atoms with Gasteiger partial charge in [-0.15, -0.1) is 0 Å². The molecule has 1 saturated heterocycles. The molecule has 2 heterocycles. The highest BCUT2D eigenvalue weighted by atomic mass is 35.5. The summed E-state index contributed by atoms with van der Waals surface area (Å²) in [5.74, 6) is 0.477. The molecule has 2 N–H and O–H groups in total. The van der Waals surface area contributed by atoms with Gasteiger partial charge in [0.05, 0.1) is 13.7 Å².